The normalized spacial score (nSPS) is 21.4. The molecule has 0 bridgehead atoms. The van der Waals surface area contributed by atoms with Gasteiger partial charge in [-0.25, -0.2) is 0 Å². The summed E-state index contributed by atoms with van der Waals surface area (Å²) in [6, 6.07) is 8.01. The van der Waals surface area contributed by atoms with Gasteiger partial charge in [-0.05, 0) is 31.9 Å². The van der Waals surface area contributed by atoms with Gasteiger partial charge in [0.05, 0.1) is 0 Å². The molecule has 2 heteroatoms. The Labute approximate surface area is 96.3 Å². The highest BCUT2D eigenvalue weighted by atomic mass is 16.1. The van der Waals surface area contributed by atoms with Crippen molar-refractivity contribution in [1.82, 2.24) is 0 Å². The summed E-state index contributed by atoms with van der Waals surface area (Å²) in [5.41, 5.74) is 2.68. The van der Waals surface area contributed by atoms with Gasteiger partial charge in [0.15, 0.2) is 5.78 Å². The van der Waals surface area contributed by atoms with Crippen molar-refractivity contribution in [2.24, 2.45) is 5.41 Å². The van der Waals surface area contributed by atoms with E-state index in [1.807, 2.05) is 18.2 Å². The van der Waals surface area contributed by atoms with Gasteiger partial charge in [0.25, 0.3) is 0 Å². The molecule has 3 rings (SSSR count). The SMILES string of the molecule is CC(=O)c1cccc(N2CC3(CCC3)C2)c1. The van der Waals surface area contributed by atoms with Gasteiger partial charge in [0.2, 0.25) is 0 Å². The lowest BCUT2D eigenvalue weighted by Gasteiger charge is -2.57. The van der Waals surface area contributed by atoms with Crippen LogP contribution in [0.25, 0.3) is 0 Å². The molecule has 2 fully saturated rings. The van der Waals surface area contributed by atoms with Crippen LogP contribution in [0, 0.1) is 5.41 Å². The first kappa shape index (κ1) is 9.88. The Kier molecular flexibility index (Phi) is 2.06. The standard InChI is InChI=1S/C14H17NO/c1-11(16)12-4-2-5-13(8-12)15-9-14(10-15)6-3-7-14/h2,4-5,8H,3,6-7,9-10H2,1H3. The summed E-state index contributed by atoms with van der Waals surface area (Å²) in [6.45, 7) is 4.01. The summed E-state index contributed by atoms with van der Waals surface area (Å²) >= 11 is 0. The van der Waals surface area contributed by atoms with Gasteiger partial charge in [-0.3, -0.25) is 4.79 Å². The van der Waals surface area contributed by atoms with Gasteiger partial charge in [-0.15, -0.1) is 0 Å². The number of hydrogen-bond acceptors (Lipinski definition) is 2. The van der Waals surface area contributed by atoms with E-state index in [1.165, 1.54) is 38.0 Å². The van der Waals surface area contributed by atoms with E-state index in [-0.39, 0.29) is 5.78 Å². The molecule has 1 aromatic rings. The van der Waals surface area contributed by atoms with Crippen LogP contribution in [0.1, 0.15) is 36.5 Å². The summed E-state index contributed by atoms with van der Waals surface area (Å²) < 4.78 is 0. The van der Waals surface area contributed by atoms with Crippen molar-refractivity contribution in [3.63, 3.8) is 0 Å². The highest BCUT2D eigenvalue weighted by molar-refractivity contribution is 5.95. The number of Topliss-reactive ketones (excluding diaryl/α,β-unsaturated/α-hetero) is 1. The first-order chi connectivity index (χ1) is 7.69. The number of ketones is 1. The fourth-order valence-corrected chi connectivity index (χ4v) is 2.86. The van der Waals surface area contributed by atoms with Crippen LogP contribution in [0.5, 0.6) is 0 Å². The van der Waals surface area contributed by atoms with Crippen molar-refractivity contribution in [3.8, 4) is 0 Å². The van der Waals surface area contributed by atoms with Crippen LogP contribution in [-0.4, -0.2) is 18.9 Å². The number of benzene rings is 1. The lowest BCUT2D eigenvalue weighted by molar-refractivity contribution is 0.0904. The van der Waals surface area contributed by atoms with E-state index >= 15 is 0 Å². The Morgan fingerprint density at radius 3 is 2.62 bits per heavy atom. The zero-order valence-electron chi connectivity index (χ0n) is 9.70. The second kappa shape index (κ2) is 3.34. The summed E-state index contributed by atoms with van der Waals surface area (Å²) in [5, 5.41) is 0. The lowest BCUT2D eigenvalue weighted by atomic mass is 9.63. The van der Waals surface area contributed by atoms with Crippen molar-refractivity contribution in [2.75, 3.05) is 18.0 Å². The molecule has 0 aromatic heterocycles. The minimum absolute atomic E-state index is 0.153. The van der Waals surface area contributed by atoms with Gasteiger partial charge >= 0.3 is 0 Å². The number of nitrogens with zero attached hydrogens (tertiary/aromatic N) is 1. The molecule has 2 nitrogen and oxygen atoms in total. The minimum atomic E-state index is 0.153. The third-order valence-electron chi connectivity index (χ3n) is 4.08. The fraction of sp³-hybridized carbons (Fsp3) is 0.500. The van der Waals surface area contributed by atoms with E-state index in [4.69, 9.17) is 0 Å². The Bertz CT molecular complexity index is 426. The van der Waals surface area contributed by atoms with E-state index in [9.17, 15) is 4.79 Å². The molecular weight excluding hydrogens is 198 g/mol. The summed E-state index contributed by atoms with van der Waals surface area (Å²) in [4.78, 5) is 13.7. The number of carbonyl (C=O) groups excluding carboxylic acids is 1. The van der Waals surface area contributed by atoms with Crippen molar-refractivity contribution >= 4 is 11.5 Å². The van der Waals surface area contributed by atoms with E-state index in [0.717, 1.165) is 5.56 Å². The van der Waals surface area contributed by atoms with Crippen LogP contribution in [0.15, 0.2) is 24.3 Å². The molecule has 0 N–H and O–H groups in total. The smallest absolute Gasteiger partial charge is 0.159 e. The summed E-state index contributed by atoms with van der Waals surface area (Å²) in [5.74, 6) is 0.153. The molecule has 0 radical (unpaired) electrons. The quantitative estimate of drug-likeness (QED) is 0.707. The molecule has 84 valence electrons. The van der Waals surface area contributed by atoms with E-state index < -0.39 is 0 Å². The highest BCUT2D eigenvalue weighted by Crippen LogP contribution is 2.49. The molecule has 1 saturated carbocycles. The predicted octanol–water partition coefficient (Wildman–Crippen LogP) is 2.88. The molecule has 1 aromatic carbocycles. The molecule has 1 saturated heterocycles. The number of hydrogen-bond donors (Lipinski definition) is 0. The number of rotatable bonds is 2. The molecule has 1 heterocycles. The third kappa shape index (κ3) is 1.44. The van der Waals surface area contributed by atoms with Gasteiger partial charge in [0, 0.05) is 29.8 Å². The first-order valence-corrected chi connectivity index (χ1v) is 6.05. The largest absolute Gasteiger partial charge is 0.370 e. The van der Waals surface area contributed by atoms with Crippen LogP contribution < -0.4 is 4.90 Å². The third-order valence-corrected chi connectivity index (χ3v) is 4.08. The Morgan fingerprint density at radius 2 is 2.06 bits per heavy atom. The molecule has 2 aliphatic rings. The van der Waals surface area contributed by atoms with Crippen molar-refractivity contribution < 1.29 is 4.79 Å². The second-order valence-corrected chi connectivity index (χ2v) is 5.32. The Balaban J connectivity index is 1.75. The summed E-state index contributed by atoms with van der Waals surface area (Å²) in [6.07, 6.45) is 4.20. The topological polar surface area (TPSA) is 20.3 Å². The van der Waals surface area contributed by atoms with E-state index in [0.29, 0.717) is 5.41 Å². The zero-order valence-corrected chi connectivity index (χ0v) is 9.70. The monoisotopic (exact) mass is 215 g/mol. The molecule has 0 unspecified atom stereocenters. The Hall–Kier alpha value is -1.31. The van der Waals surface area contributed by atoms with Crippen molar-refractivity contribution in [1.29, 1.82) is 0 Å². The van der Waals surface area contributed by atoms with Gasteiger partial charge in [-0.2, -0.15) is 0 Å². The number of anilines is 1. The van der Waals surface area contributed by atoms with Crippen LogP contribution in [-0.2, 0) is 0 Å². The molecule has 1 spiro atoms. The number of carbonyl (C=O) groups is 1. The van der Waals surface area contributed by atoms with E-state index in [2.05, 4.69) is 11.0 Å². The van der Waals surface area contributed by atoms with Crippen LogP contribution in [0.2, 0.25) is 0 Å². The van der Waals surface area contributed by atoms with Crippen LogP contribution in [0.3, 0.4) is 0 Å². The van der Waals surface area contributed by atoms with E-state index in [1.54, 1.807) is 6.92 Å². The van der Waals surface area contributed by atoms with Crippen LogP contribution in [0.4, 0.5) is 5.69 Å². The maximum absolute atomic E-state index is 11.3. The lowest BCUT2D eigenvalue weighted by Crippen LogP contribution is -2.59. The van der Waals surface area contributed by atoms with Crippen molar-refractivity contribution in [2.45, 2.75) is 26.2 Å². The van der Waals surface area contributed by atoms with Crippen molar-refractivity contribution in [3.05, 3.63) is 29.8 Å². The molecule has 16 heavy (non-hydrogen) atoms. The van der Waals surface area contributed by atoms with Gasteiger partial charge in [0.1, 0.15) is 0 Å². The maximum Gasteiger partial charge on any atom is 0.159 e. The first-order valence-electron chi connectivity index (χ1n) is 6.05. The fourth-order valence-electron chi connectivity index (χ4n) is 2.86. The van der Waals surface area contributed by atoms with Gasteiger partial charge in [-0.1, -0.05) is 18.6 Å². The van der Waals surface area contributed by atoms with Gasteiger partial charge < -0.3 is 4.90 Å². The predicted molar refractivity (Wildman–Crippen MR) is 64.9 cm³/mol. The minimum Gasteiger partial charge on any atom is -0.370 e. The highest BCUT2D eigenvalue weighted by Gasteiger charge is 2.47. The average molecular weight is 215 g/mol. The average Bonchev–Trinajstić information content (AvgIpc) is 2.14. The summed E-state index contributed by atoms with van der Waals surface area (Å²) in [7, 11) is 0. The molecule has 1 aliphatic carbocycles. The maximum atomic E-state index is 11.3. The molecule has 1 aliphatic heterocycles. The second-order valence-electron chi connectivity index (χ2n) is 5.32. The zero-order chi connectivity index (χ0) is 11.2. The molecule has 0 atom stereocenters. The molecular formula is C14H17NO. The Morgan fingerprint density at radius 1 is 1.31 bits per heavy atom. The molecule has 0 amide bonds. The van der Waals surface area contributed by atoms with Crippen LogP contribution >= 0.6 is 0 Å².